The third kappa shape index (κ3) is 5.42. The van der Waals surface area contributed by atoms with Gasteiger partial charge in [0.25, 0.3) is 6.02 Å². The minimum Gasteiger partial charge on any atom is -0.463 e. The predicted octanol–water partition coefficient (Wildman–Crippen LogP) is 5.38. The average molecular weight is 516 g/mol. The number of rotatable bonds is 6. The number of benzene rings is 2. The monoisotopic (exact) mass is 515 g/mol. The standard InChI is InChI=1S/C27H26ClN7O2/c28-22-13-19(4-6-25(22)37-20-2-1-9-30-14-20)33-26-21-12-18(3-5-23(21)31-16-32-26)34-27-35-24(15-36-27)17-7-10-29-11-8-17/h1-6,9,12-14,16-17,24,29H,7-8,10-11,15H2,(H,34,35)(H,31,32,33). The largest absolute Gasteiger partial charge is 0.463 e. The van der Waals surface area contributed by atoms with E-state index >= 15 is 0 Å². The zero-order chi connectivity index (χ0) is 25.0. The van der Waals surface area contributed by atoms with Gasteiger partial charge in [-0.15, -0.1) is 0 Å². The first kappa shape index (κ1) is 23.4. The number of hydrogen-bond acceptors (Lipinski definition) is 9. The van der Waals surface area contributed by atoms with Crippen LogP contribution in [0.15, 0.2) is 72.2 Å². The summed E-state index contributed by atoms with van der Waals surface area (Å²) < 4.78 is 11.7. The maximum absolute atomic E-state index is 6.49. The molecule has 6 rings (SSSR count). The Kier molecular flexibility index (Phi) is 6.70. The van der Waals surface area contributed by atoms with Crippen LogP contribution in [0.2, 0.25) is 5.02 Å². The van der Waals surface area contributed by atoms with Gasteiger partial charge in [-0.05, 0) is 80.4 Å². The van der Waals surface area contributed by atoms with E-state index in [9.17, 15) is 0 Å². The smallest absolute Gasteiger partial charge is 0.289 e. The molecule has 4 heterocycles. The summed E-state index contributed by atoms with van der Waals surface area (Å²) >= 11 is 6.49. The Balaban J connectivity index is 1.19. The summed E-state index contributed by atoms with van der Waals surface area (Å²) in [5, 5.41) is 11.4. The van der Waals surface area contributed by atoms with Crippen molar-refractivity contribution >= 4 is 45.7 Å². The number of piperidine rings is 1. The third-order valence-corrected chi connectivity index (χ3v) is 6.84. The lowest BCUT2D eigenvalue weighted by atomic mass is 9.91. The summed E-state index contributed by atoms with van der Waals surface area (Å²) in [6, 6.07) is 15.8. The van der Waals surface area contributed by atoms with Gasteiger partial charge in [-0.3, -0.25) is 4.98 Å². The molecule has 10 heteroatoms. The number of anilines is 3. The second-order valence-electron chi connectivity index (χ2n) is 9.04. The SMILES string of the molecule is Clc1cc(Nc2ncnc3ccc(NC4=NC(C5CCNCC5)CO4)cc23)ccc1Oc1cccnc1. The van der Waals surface area contributed by atoms with Crippen molar-refractivity contribution < 1.29 is 9.47 Å². The van der Waals surface area contributed by atoms with Crippen LogP contribution in [0.5, 0.6) is 11.5 Å². The van der Waals surface area contributed by atoms with Crippen LogP contribution in [-0.2, 0) is 4.74 Å². The van der Waals surface area contributed by atoms with E-state index in [1.807, 2.05) is 36.4 Å². The Morgan fingerprint density at radius 3 is 2.70 bits per heavy atom. The Morgan fingerprint density at radius 2 is 1.86 bits per heavy atom. The number of aliphatic imine (C=N–C) groups is 1. The Bertz CT molecular complexity index is 1430. The van der Waals surface area contributed by atoms with Crippen molar-refractivity contribution in [3.8, 4) is 11.5 Å². The summed E-state index contributed by atoms with van der Waals surface area (Å²) in [7, 11) is 0. The van der Waals surface area contributed by atoms with E-state index in [4.69, 9.17) is 26.1 Å². The van der Waals surface area contributed by atoms with Gasteiger partial charge in [-0.25, -0.2) is 15.0 Å². The molecular formula is C27H26ClN7O2. The maximum atomic E-state index is 6.49. The molecule has 188 valence electrons. The summed E-state index contributed by atoms with van der Waals surface area (Å²) in [6.07, 6.45) is 7.13. The van der Waals surface area contributed by atoms with E-state index in [-0.39, 0.29) is 6.04 Å². The van der Waals surface area contributed by atoms with Crippen LogP contribution < -0.4 is 20.7 Å². The molecule has 2 aliphatic heterocycles. The predicted molar refractivity (Wildman–Crippen MR) is 145 cm³/mol. The molecule has 9 nitrogen and oxygen atoms in total. The van der Waals surface area contributed by atoms with Crippen molar-refractivity contribution in [2.75, 3.05) is 30.3 Å². The molecule has 3 N–H and O–H groups in total. The van der Waals surface area contributed by atoms with Gasteiger partial charge in [-0.2, -0.15) is 0 Å². The van der Waals surface area contributed by atoms with Crippen molar-refractivity contribution in [2.24, 2.45) is 10.9 Å². The van der Waals surface area contributed by atoms with Crippen molar-refractivity contribution in [3.63, 3.8) is 0 Å². The fourth-order valence-corrected chi connectivity index (χ4v) is 4.84. The number of aromatic nitrogens is 3. The normalized spacial score (nSPS) is 17.8. The lowest BCUT2D eigenvalue weighted by Gasteiger charge is -2.24. The van der Waals surface area contributed by atoms with Gasteiger partial charge in [-0.1, -0.05) is 11.6 Å². The van der Waals surface area contributed by atoms with Gasteiger partial charge in [0.05, 0.1) is 22.8 Å². The van der Waals surface area contributed by atoms with Crippen LogP contribution >= 0.6 is 11.6 Å². The summed E-state index contributed by atoms with van der Waals surface area (Å²) in [5.41, 5.74) is 2.44. The molecular weight excluding hydrogens is 490 g/mol. The van der Waals surface area contributed by atoms with Crippen molar-refractivity contribution in [1.82, 2.24) is 20.3 Å². The zero-order valence-electron chi connectivity index (χ0n) is 20.0. The van der Waals surface area contributed by atoms with E-state index in [2.05, 4.69) is 30.9 Å². The number of amidine groups is 1. The molecule has 2 aromatic carbocycles. The Labute approximate surface area is 219 Å². The molecule has 0 aliphatic carbocycles. The topological polar surface area (TPSA) is 106 Å². The first-order valence-electron chi connectivity index (χ1n) is 12.3. The van der Waals surface area contributed by atoms with E-state index in [0.29, 0.717) is 40.9 Å². The molecule has 1 saturated heterocycles. The van der Waals surface area contributed by atoms with Gasteiger partial charge < -0.3 is 25.4 Å². The highest BCUT2D eigenvalue weighted by molar-refractivity contribution is 6.32. The number of ether oxygens (including phenoxy) is 2. The molecule has 37 heavy (non-hydrogen) atoms. The van der Waals surface area contributed by atoms with E-state index in [1.165, 1.54) is 6.33 Å². The highest BCUT2D eigenvalue weighted by atomic mass is 35.5. The van der Waals surface area contributed by atoms with Crippen LogP contribution in [0.1, 0.15) is 12.8 Å². The second kappa shape index (κ2) is 10.6. The molecule has 0 radical (unpaired) electrons. The number of pyridine rings is 1. The van der Waals surface area contributed by atoms with Crippen LogP contribution in [0, 0.1) is 5.92 Å². The van der Waals surface area contributed by atoms with E-state index < -0.39 is 0 Å². The van der Waals surface area contributed by atoms with E-state index in [1.54, 1.807) is 24.5 Å². The average Bonchev–Trinajstić information content (AvgIpc) is 3.40. The summed E-state index contributed by atoms with van der Waals surface area (Å²) in [5.74, 6) is 2.38. The van der Waals surface area contributed by atoms with Crippen LogP contribution in [0.4, 0.5) is 17.2 Å². The number of fused-ring (bicyclic) bond motifs is 1. The highest BCUT2D eigenvalue weighted by Crippen LogP contribution is 2.33. The molecule has 0 bridgehead atoms. The van der Waals surface area contributed by atoms with Crippen LogP contribution in [0.3, 0.4) is 0 Å². The summed E-state index contributed by atoms with van der Waals surface area (Å²) in [6.45, 7) is 2.72. The summed E-state index contributed by atoms with van der Waals surface area (Å²) in [4.78, 5) is 17.7. The van der Waals surface area contributed by atoms with Gasteiger partial charge in [0.15, 0.2) is 0 Å². The van der Waals surface area contributed by atoms with Crippen molar-refractivity contribution in [2.45, 2.75) is 18.9 Å². The highest BCUT2D eigenvalue weighted by Gasteiger charge is 2.28. The van der Waals surface area contributed by atoms with Gasteiger partial charge in [0.1, 0.15) is 30.3 Å². The van der Waals surface area contributed by atoms with Gasteiger partial charge in [0.2, 0.25) is 0 Å². The fourth-order valence-electron chi connectivity index (χ4n) is 4.62. The zero-order valence-corrected chi connectivity index (χ0v) is 20.8. The number of nitrogens with one attached hydrogen (secondary N) is 3. The molecule has 2 aromatic heterocycles. The first-order valence-corrected chi connectivity index (χ1v) is 12.7. The maximum Gasteiger partial charge on any atom is 0.289 e. The molecule has 0 amide bonds. The molecule has 0 saturated carbocycles. The molecule has 1 unspecified atom stereocenters. The number of nitrogens with zero attached hydrogens (tertiary/aromatic N) is 4. The Morgan fingerprint density at radius 1 is 1.00 bits per heavy atom. The Hall–Kier alpha value is -3.95. The van der Waals surface area contributed by atoms with Crippen LogP contribution in [0.25, 0.3) is 10.9 Å². The quantitative estimate of drug-likeness (QED) is 0.314. The van der Waals surface area contributed by atoms with Gasteiger partial charge >= 0.3 is 0 Å². The molecule has 0 spiro atoms. The van der Waals surface area contributed by atoms with Crippen LogP contribution in [-0.4, -0.2) is 46.7 Å². The first-order chi connectivity index (χ1) is 18.2. The number of halogens is 1. The van der Waals surface area contributed by atoms with Gasteiger partial charge in [0, 0.05) is 23.0 Å². The molecule has 2 aliphatic rings. The molecule has 1 atom stereocenters. The lowest BCUT2D eigenvalue weighted by Crippen LogP contribution is -2.33. The fraction of sp³-hybridized carbons (Fsp3) is 0.259. The minimum absolute atomic E-state index is 0.209. The third-order valence-electron chi connectivity index (χ3n) is 6.55. The van der Waals surface area contributed by atoms with Crippen molar-refractivity contribution in [1.29, 1.82) is 0 Å². The molecule has 1 fully saturated rings. The van der Waals surface area contributed by atoms with E-state index in [0.717, 1.165) is 48.2 Å². The second-order valence-corrected chi connectivity index (χ2v) is 9.45. The number of hydrogen-bond donors (Lipinski definition) is 3. The minimum atomic E-state index is 0.209. The van der Waals surface area contributed by atoms with Crippen molar-refractivity contribution in [3.05, 3.63) is 72.3 Å². The lowest BCUT2D eigenvalue weighted by molar-refractivity contribution is 0.246. The molecule has 4 aromatic rings.